The van der Waals surface area contributed by atoms with Crippen LogP contribution in [0.4, 0.5) is 0 Å². The molecule has 1 aromatic carbocycles. The van der Waals surface area contributed by atoms with Crippen molar-refractivity contribution in [2.24, 2.45) is 7.05 Å². The molecule has 1 aliphatic rings. The molecule has 144 valence electrons. The molecule has 27 heavy (non-hydrogen) atoms. The minimum Gasteiger partial charge on any atom is -0.493 e. The Labute approximate surface area is 157 Å². The van der Waals surface area contributed by atoms with Crippen molar-refractivity contribution in [3.63, 3.8) is 0 Å². The topological polar surface area (TPSA) is 73.5 Å². The SMILES string of the molecule is COc1cc2c3cnn(CCN4CCNCC4)c(=O)c3n(C)c2cc1OC. The summed E-state index contributed by atoms with van der Waals surface area (Å²) in [5.74, 6) is 1.28. The van der Waals surface area contributed by atoms with E-state index in [0.717, 1.165) is 49.0 Å². The molecule has 0 unspecified atom stereocenters. The minimum absolute atomic E-state index is 0.0701. The van der Waals surface area contributed by atoms with Gasteiger partial charge in [0, 0.05) is 56.6 Å². The molecule has 3 heterocycles. The van der Waals surface area contributed by atoms with Crippen LogP contribution in [-0.4, -0.2) is 66.2 Å². The molecule has 4 rings (SSSR count). The summed E-state index contributed by atoms with van der Waals surface area (Å²) >= 11 is 0. The van der Waals surface area contributed by atoms with Crippen LogP contribution in [0.5, 0.6) is 11.5 Å². The molecule has 8 heteroatoms. The van der Waals surface area contributed by atoms with Crippen LogP contribution in [0.2, 0.25) is 0 Å². The number of methoxy groups -OCH3 is 2. The first-order valence-corrected chi connectivity index (χ1v) is 9.17. The van der Waals surface area contributed by atoms with Gasteiger partial charge in [0.1, 0.15) is 5.52 Å². The zero-order valence-corrected chi connectivity index (χ0v) is 16.0. The Kier molecular flexibility index (Phi) is 4.75. The summed E-state index contributed by atoms with van der Waals surface area (Å²) in [6, 6.07) is 3.81. The van der Waals surface area contributed by atoms with E-state index in [-0.39, 0.29) is 5.56 Å². The van der Waals surface area contributed by atoms with Crippen LogP contribution in [0, 0.1) is 0 Å². The molecule has 0 radical (unpaired) electrons. The maximum Gasteiger partial charge on any atom is 0.291 e. The number of benzene rings is 1. The van der Waals surface area contributed by atoms with Gasteiger partial charge in [0.05, 0.1) is 32.5 Å². The average Bonchev–Trinajstić information content (AvgIpc) is 2.99. The van der Waals surface area contributed by atoms with Crippen LogP contribution in [0.1, 0.15) is 0 Å². The number of nitrogens with one attached hydrogen (secondary N) is 1. The highest BCUT2D eigenvalue weighted by Gasteiger charge is 2.18. The molecule has 1 N–H and O–H groups in total. The molecule has 0 spiro atoms. The van der Waals surface area contributed by atoms with Crippen LogP contribution in [0.25, 0.3) is 21.8 Å². The van der Waals surface area contributed by atoms with E-state index in [1.807, 2.05) is 23.7 Å². The highest BCUT2D eigenvalue weighted by atomic mass is 16.5. The maximum atomic E-state index is 13.1. The van der Waals surface area contributed by atoms with E-state index >= 15 is 0 Å². The molecule has 0 aliphatic carbocycles. The molecule has 1 fully saturated rings. The standard InChI is InChI=1S/C19H25N5O3/c1-22-15-11-17(27-3)16(26-2)10-13(15)14-12-21-24(19(25)18(14)22)9-8-23-6-4-20-5-7-23/h10-12,20H,4-9H2,1-3H3. The first-order valence-electron chi connectivity index (χ1n) is 9.17. The first-order chi connectivity index (χ1) is 13.1. The summed E-state index contributed by atoms with van der Waals surface area (Å²) in [5.41, 5.74) is 1.50. The summed E-state index contributed by atoms with van der Waals surface area (Å²) < 4.78 is 14.3. The van der Waals surface area contributed by atoms with E-state index in [2.05, 4.69) is 15.3 Å². The summed E-state index contributed by atoms with van der Waals surface area (Å²) in [6.45, 7) is 5.41. The van der Waals surface area contributed by atoms with Gasteiger partial charge in [-0.3, -0.25) is 9.69 Å². The van der Waals surface area contributed by atoms with Crippen molar-refractivity contribution in [3.05, 3.63) is 28.7 Å². The molecule has 0 atom stereocenters. The smallest absolute Gasteiger partial charge is 0.291 e. The predicted octanol–water partition coefficient (Wildman–Crippen LogP) is 0.811. The Morgan fingerprint density at radius 1 is 1.07 bits per heavy atom. The lowest BCUT2D eigenvalue weighted by molar-refractivity contribution is 0.228. The highest BCUT2D eigenvalue weighted by molar-refractivity contribution is 6.08. The van der Waals surface area contributed by atoms with Crippen molar-refractivity contribution in [1.82, 2.24) is 24.6 Å². The fourth-order valence-corrected chi connectivity index (χ4v) is 3.81. The third-order valence-electron chi connectivity index (χ3n) is 5.34. The molecule has 1 saturated heterocycles. The van der Waals surface area contributed by atoms with Gasteiger partial charge in [-0.1, -0.05) is 0 Å². The Balaban J connectivity index is 1.76. The summed E-state index contributed by atoms with van der Waals surface area (Å²) in [4.78, 5) is 15.4. The van der Waals surface area contributed by atoms with E-state index in [9.17, 15) is 4.79 Å². The Bertz CT molecular complexity index is 1030. The molecule has 0 bridgehead atoms. The number of piperazine rings is 1. The van der Waals surface area contributed by atoms with Crippen molar-refractivity contribution in [3.8, 4) is 11.5 Å². The van der Waals surface area contributed by atoms with Crippen LogP contribution in [0.3, 0.4) is 0 Å². The number of aryl methyl sites for hydroxylation is 1. The monoisotopic (exact) mass is 371 g/mol. The number of aromatic nitrogens is 3. The first kappa shape index (κ1) is 17.8. The Hall–Kier alpha value is -2.58. The van der Waals surface area contributed by atoms with E-state index < -0.39 is 0 Å². The second-order valence-corrected chi connectivity index (χ2v) is 6.81. The summed E-state index contributed by atoms with van der Waals surface area (Å²) in [6.07, 6.45) is 1.78. The van der Waals surface area contributed by atoms with Crippen LogP contribution >= 0.6 is 0 Å². The minimum atomic E-state index is -0.0701. The molecule has 3 aromatic rings. The van der Waals surface area contributed by atoms with Crippen LogP contribution in [0.15, 0.2) is 23.1 Å². The predicted molar refractivity (Wildman–Crippen MR) is 105 cm³/mol. The molecule has 0 amide bonds. The van der Waals surface area contributed by atoms with Crippen molar-refractivity contribution < 1.29 is 9.47 Å². The zero-order chi connectivity index (χ0) is 19.0. The number of nitrogens with zero attached hydrogens (tertiary/aromatic N) is 4. The molecule has 0 saturated carbocycles. The molecular weight excluding hydrogens is 346 g/mol. The number of hydrogen-bond donors (Lipinski definition) is 1. The quantitative estimate of drug-likeness (QED) is 0.716. The van der Waals surface area contributed by atoms with Gasteiger partial charge in [0.15, 0.2) is 11.5 Å². The van der Waals surface area contributed by atoms with E-state index in [0.29, 0.717) is 23.6 Å². The fraction of sp³-hybridized carbons (Fsp3) is 0.474. The molecule has 8 nitrogen and oxygen atoms in total. The summed E-state index contributed by atoms with van der Waals surface area (Å²) in [5, 5.41) is 9.53. The zero-order valence-electron chi connectivity index (χ0n) is 16.0. The second kappa shape index (κ2) is 7.21. The third-order valence-corrected chi connectivity index (χ3v) is 5.34. The maximum absolute atomic E-state index is 13.1. The number of rotatable bonds is 5. The van der Waals surface area contributed by atoms with Gasteiger partial charge in [-0.05, 0) is 6.07 Å². The van der Waals surface area contributed by atoms with E-state index in [1.54, 1.807) is 25.1 Å². The lowest BCUT2D eigenvalue weighted by atomic mass is 10.2. The highest BCUT2D eigenvalue weighted by Crippen LogP contribution is 2.36. The van der Waals surface area contributed by atoms with Gasteiger partial charge in [-0.25, -0.2) is 4.68 Å². The van der Waals surface area contributed by atoms with Gasteiger partial charge < -0.3 is 19.4 Å². The van der Waals surface area contributed by atoms with Crippen molar-refractivity contribution in [2.45, 2.75) is 6.54 Å². The lowest BCUT2D eigenvalue weighted by Gasteiger charge is -2.26. The van der Waals surface area contributed by atoms with Gasteiger partial charge in [-0.2, -0.15) is 5.10 Å². The van der Waals surface area contributed by atoms with Crippen molar-refractivity contribution >= 4 is 21.8 Å². The number of hydrogen-bond acceptors (Lipinski definition) is 6. The Morgan fingerprint density at radius 2 is 1.78 bits per heavy atom. The molecular formula is C19H25N5O3. The summed E-state index contributed by atoms with van der Waals surface area (Å²) in [7, 11) is 5.12. The van der Waals surface area contributed by atoms with E-state index in [4.69, 9.17) is 9.47 Å². The van der Waals surface area contributed by atoms with Gasteiger partial charge in [-0.15, -0.1) is 0 Å². The van der Waals surface area contributed by atoms with Crippen molar-refractivity contribution in [1.29, 1.82) is 0 Å². The number of fused-ring (bicyclic) bond motifs is 3. The van der Waals surface area contributed by atoms with Gasteiger partial charge in [0.25, 0.3) is 5.56 Å². The Morgan fingerprint density at radius 3 is 2.48 bits per heavy atom. The molecule has 2 aromatic heterocycles. The fourth-order valence-electron chi connectivity index (χ4n) is 3.81. The molecule has 1 aliphatic heterocycles. The normalized spacial score (nSPS) is 15.5. The average molecular weight is 371 g/mol. The third kappa shape index (κ3) is 3.04. The van der Waals surface area contributed by atoms with Gasteiger partial charge in [0.2, 0.25) is 0 Å². The largest absolute Gasteiger partial charge is 0.493 e. The lowest BCUT2D eigenvalue weighted by Crippen LogP contribution is -2.45. The van der Waals surface area contributed by atoms with Crippen LogP contribution in [-0.2, 0) is 13.6 Å². The number of ether oxygens (including phenoxy) is 2. The van der Waals surface area contributed by atoms with Gasteiger partial charge >= 0.3 is 0 Å². The van der Waals surface area contributed by atoms with Crippen LogP contribution < -0.4 is 20.3 Å². The second-order valence-electron chi connectivity index (χ2n) is 6.81. The van der Waals surface area contributed by atoms with E-state index in [1.165, 1.54) is 0 Å². The van der Waals surface area contributed by atoms with Crippen molar-refractivity contribution in [2.75, 3.05) is 46.9 Å².